The highest BCUT2D eigenvalue weighted by atomic mass is 19.1. The summed E-state index contributed by atoms with van der Waals surface area (Å²) in [6.45, 7) is 11.6. The van der Waals surface area contributed by atoms with Crippen molar-refractivity contribution in [2.24, 2.45) is 0 Å². The predicted molar refractivity (Wildman–Crippen MR) is 153 cm³/mol. The molecule has 1 aliphatic carbocycles. The number of nitrogen functional groups attached to an aromatic ring is 1. The molecule has 2 fully saturated rings. The fourth-order valence-electron chi connectivity index (χ4n) is 4.73. The van der Waals surface area contributed by atoms with Crippen LogP contribution in [0.15, 0.2) is 66.0 Å². The van der Waals surface area contributed by atoms with Crippen molar-refractivity contribution in [1.82, 2.24) is 20.5 Å². The van der Waals surface area contributed by atoms with E-state index in [-0.39, 0.29) is 34.5 Å². The Hall–Kier alpha value is -3.94. The van der Waals surface area contributed by atoms with Crippen molar-refractivity contribution in [2.75, 3.05) is 18.8 Å². The molecule has 1 aromatic heterocycles. The van der Waals surface area contributed by atoms with Crippen LogP contribution in [0.1, 0.15) is 68.9 Å². The van der Waals surface area contributed by atoms with Crippen LogP contribution in [-0.2, 0) is 0 Å². The molecule has 2 aliphatic rings. The van der Waals surface area contributed by atoms with Gasteiger partial charge in [0.15, 0.2) is 5.82 Å². The molecule has 0 radical (unpaired) electrons. The van der Waals surface area contributed by atoms with Gasteiger partial charge in [0.25, 0.3) is 5.91 Å². The molecule has 0 spiro atoms. The normalized spacial score (nSPS) is 15.8. The molecule has 1 saturated carbocycles. The average molecular weight is 534 g/mol. The standard InChI is InChI=1S/C31H37F2N5O/c1-5-10-27(38-15-8-7-9-16-38)26(6-2)36-28(20-11-12-20)30-25(34)18-24(33)29(37-30)22-17-21(13-14-23(22)32)31(39)35-19(3)4/h5-6,10,13-14,17-19,36H,2,7-9,11-12,15-16,34H2,1,3-4H3,(H,35,39)/b10-5-,27-26-. The van der Waals surface area contributed by atoms with Crippen LogP contribution in [-0.4, -0.2) is 34.9 Å². The maximum absolute atomic E-state index is 15.2. The number of hydrogen-bond donors (Lipinski definition) is 3. The van der Waals surface area contributed by atoms with Gasteiger partial charge in [-0.3, -0.25) is 4.79 Å². The molecule has 1 aromatic carbocycles. The number of anilines is 1. The molecule has 1 aliphatic heterocycles. The Labute approximate surface area is 229 Å². The van der Waals surface area contributed by atoms with Crippen molar-refractivity contribution in [1.29, 1.82) is 0 Å². The number of carbonyl (C=O) groups excluding carboxylic acids is 1. The molecular weight excluding hydrogens is 496 g/mol. The Bertz CT molecular complexity index is 1350. The molecule has 0 atom stereocenters. The van der Waals surface area contributed by atoms with Gasteiger partial charge in [-0.15, -0.1) is 0 Å². The summed E-state index contributed by atoms with van der Waals surface area (Å²) in [4.78, 5) is 19.4. The number of piperidine rings is 1. The number of aromatic nitrogens is 1. The second-order valence-electron chi connectivity index (χ2n) is 10.2. The summed E-state index contributed by atoms with van der Waals surface area (Å²) in [6.07, 6.45) is 11.0. The third-order valence-electron chi connectivity index (χ3n) is 6.76. The van der Waals surface area contributed by atoms with Gasteiger partial charge in [0, 0.05) is 36.3 Å². The minimum Gasteiger partial charge on any atom is -0.397 e. The lowest BCUT2D eigenvalue weighted by Gasteiger charge is -2.31. The fourth-order valence-corrected chi connectivity index (χ4v) is 4.73. The fraction of sp³-hybridized carbons (Fsp3) is 0.355. The van der Waals surface area contributed by atoms with Crippen LogP contribution in [0.25, 0.3) is 17.0 Å². The molecule has 6 nitrogen and oxygen atoms in total. The van der Waals surface area contributed by atoms with Crippen LogP contribution in [0.4, 0.5) is 14.5 Å². The molecule has 1 saturated heterocycles. The number of benzene rings is 1. The third kappa shape index (κ3) is 6.56. The van der Waals surface area contributed by atoms with Crippen molar-refractivity contribution in [2.45, 2.75) is 58.9 Å². The molecule has 0 unspecified atom stereocenters. The predicted octanol–water partition coefficient (Wildman–Crippen LogP) is 6.30. The number of pyridine rings is 1. The molecule has 206 valence electrons. The number of halogens is 2. The lowest BCUT2D eigenvalue weighted by Crippen LogP contribution is -2.31. The van der Waals surface area contributed by atoms with Crippen LogP contribution in [0, 0.1) is 11.6 Å². The third-order valence-corrected chi connectivity index (χ3v) is 6.76. The van der Waals surface area contributed by atoms with Gasteiger partial charge in [0.05, 0.1) is 22.8 Å². The number of allylic oxidation sites excluding steroid dienone is 4. The minimum atomic E-state index is -0.765. The van der Waals surface area contributed by atoms with E-state index < -0.39 is 11.6 Å². The van der Waals surface area contributed by atoms with E-state index in [2.05, 4.69) is 33.2 Å². The van der Waals surface area contributed by atoms with E-state index in [0.29, 0.717) is 11.4 Å². The number of amides is 1. The first-order chi connectivity index (χ1) is 18.7. The summed E-state index contributed by atoms with van der Waals surface area (Å²) in [5.41, 5.74) is 10.3. The molecule has 8 heteroatoms. The summed E-state index contributed by atoms with van der Waals surface area (Å²) in [5, 5.41) is 6.27. The number of likely N-dealkylation sites (tertiary alicyclic amines) is 1. The van der Waals surface area contributed by atoms with Crippen molar-refractivity contribution in [3.63, 3.8) is 0 Å². The summed E-state index contributed by atoms with van der Waals surface area (Å²) in [7, 11) is 0. The SMILES string of the molecule is C=C/C(NC(=C1CC1)c1nc(-c2cc(C(=O)NC(C)C)ccc2F)c(F)cc1N)=C(\C=C/C)N1CCCCC1. The molecular formula is C31H37F2N5O. The van der Waals surface area contributed by atoms with Gasteiger partial charge in [0.2, 0.25) is 0 Å². The van der Waals surface area contributed by atoms with E-state index in [0.717, 1.165) is 67.9 Å². The first-order valence-corrected chi connectivity index (χ1v) is 13.5. The number of nitrogens with zero attached hydrogens (tertiary/aromatic N) is 2. The van der Waals surface area contributed by atoms with Gasteiger partial charge in [-0.05, 0) is 88.8 Å². The highest BCUT2D eigenvalue weighted by Gasteiger charge is 2.26. The van der Waals surface area contributed by atoms with Crippen LogP contribution in [0.3, 0.4) is 0 Å². The molecule has 39 heavy (non-hydrogen) atoms. The first-order valence-electron chi connectivity index (χ1n) is 13.5. The number of nitrogens with two attached hydrogens (primary N) is 1. The zero-order valence-corrected chi connectivity index (χ0v) is 22.9. The van der Waals surface area contributed by atoms with E-state index in [1.165, 1.54) is 18.6 Å². The van der Waals surface area contributed by atoms with E-state index in [1.807, 2.05) is 26.8 Å². The maximum Gasteiger partial charge on any atom is 0.251 e. The summed E-state index contributed by atoms with van der Waals surface area (Å²) in [5.74, 6) is -1.82. The Kier molecular flexibility index (Phi) is 8.84. The largest absolute Gasteiger partial charge is 0.397 e. The van der Waals surface area contributed by atoms with Gasteiger partial charge < -0.3 is 21.3 Å². The molecule has 4 N–H and O–H groups in total. The Morgan fingerprint density at radius 1 is 1.13 bits per heavy atom. The highest BCUT2D eigenvalue weighted by Crippen LogP contribution is 2.38. The summed E-state index contributed by atoms with van der Waals surface area (Å²) >= 11 is 0. The number of rotatable bonds is 9. The van der Waals surface area contributed by atoms with Crippen molar-refractivity contribution < 1.29 is 13.6 Å². The Morgan fingerprint density at radius 3 is 2.46 bits per heavy atom. The monoisotopic (exact) mass is 533 g/mol. The number of nitrogens with one attached hydrogen (secondary N) is 2. The molecule has 2 heterocycles. The van der Waals surface area contributed by atoms with Crippen molar-refractivity contribution >= 4 is 17.3 Å². The van der Waals surface area contributed by atoms with E-state index in [9.17, 15) is 9.18 Å². The molecule has 4 rings (SSSR count). The minimum absolute atomic E-state index is 0.104. The first kappa shape index (κ1) is 28.1. The zero-order valence-electron chi connectivity index (χ0n) is 22.9. The van der Waals surface area contributed by atoms with Gasteiger partial charge >= 0.3 is 0 Å². The number of carbonyl (C=O) groups is 1. The van der Waals surface area contributed by atoms with Gasteiger partial charge in [-0.1, -0.05) is 12.7 Å². The Balaban J connectivity index is 1.78. The van der Waals surface area contributed by atoms with Crippen LogP contribution >= 0.6 is 0 Å². The van der Waals surface area contributed by atoms with Gasteiger partial charge in [-0.25, -0.2) is 13.8 Å². The number of hydrogen-bond acceptors (Lipinski definition) is 5. The van der Waals surface area contributed by atoms with Gasteiger partial charge in [0.1, 0.15) is 17.2 Å². The zero-order chi connectivity index (χ0) is 28.1. The Morgan fingerprint density at radius 2 is 1.85 bits per heavy atom. The quantitative estimate of drug-likeness (QED) is 0.330. The molecule has 1 amide bonds. The van der Waals surface area contributed by atoms with Gasteiger partial charge in [-0.2, -0.15) is 0 Å². The average Bonchev–Trinajstić information content (AvgIpc) is 3.75. The van der Waals surface area contributed by atoms with Crippen LogP contribution < -0.4 is 16.4 Å². The lowest BCUT2D eigenvalue weighted by molar-refractivity contribution is 0.0943. The van der Waals surface area contributed by atoms with Crippen LogP contribution in [0.2, 0.25) is 0 Å². The molecule has 2 aromatic rings. The van der Waals surface area contributed by atoms with Crippen LogP contribution in [0.5, 0.6) is 0 Å². The van der Waals surface area contributed by atoms with E-state index >= 15 is 4.39 Å². The van der Waals surface area contributed by atoms with E-state index in [4.69, 9.17) is 5.73 Å². The highest BCUT2D eigenvalue weighted by molar-refractivity contribution is 5.95. The topological polar surface area (TPSA) is 83.3 Å². The van der Waals surface area contributed by atoms with E-state index in [1.54, 1.807) is 6.08 Å². The van der Waals surface area contributed by atoms with Crippen molar-refractivity contribution in [3.05, 3.63) is 88.9 Å². The second-order valence-corrected chi connectivity index (χ2v) is 10.2. The lowest BCUT2D eigenvalue weighted by atomic mass is 10.0. The summed E-state index contributed by atoms with van der Waals surface area (Å²) < 4.78 is 30.2. The van der Waals surface area contributed by atoms with Crippen molar-refractivity contribution in [3.8, 4) is 11.3 Å². The maximum atomic E-state index is 15.2. The molecule has 0 bridgehead atoms. The second kappa shape index (κ2) is 12.3. The summed E-state index contributed by atoms with van der Waals surface area (Å²) in [6, 6.07) is 4.91. The smallest absolute Gasteiger partial charge is 0.251 e.